The Balaban J connectivity index is 1.35. The number of nitrogens with one attached hydrogen (secondary N) is 1. The Morgan fingerprint density at radius 3 is 2.46 bits per heavy atom. The predicted octanol–water partition coefficient (Wildman–Crippen LogP) is 2.24. The Hall–Kier alpha value is -1.75. The number of likely N-dealkylation sites (tertiary alicyclic amines) is 1. The zero-order valence-corrected chi connectivity index (χ0v) is 14.1. The van der Waals surface area contributed by atoms with Gasteiger partial charge in [0.2, 0.25) is 0 Å². The van der Waals surface area contributed by atoms with E-state index in [1.165, 1.54) is 11.1 Å². The summed E-state index contributed by atoms with van der Waals surface area (Å²) in [7, 11) is 0. The number of nitrogens with zero attached hydrogens (tertiary/aromatic N) is 2. The summed E-state index contributed by atoms with van der Waals surface area (Å²) in [4.78, 5) is 6.56. The first-order valence-electron chi connectivity index (χ1n) is 8.86. The molecule has 1 atom stereocenters. The minimum absolute atomic E-state index is 0.317. The summed E-state index contributed by atoms with van der Waals surface area (Å²) < 4.78 is 0. The maximum absolute atomic E-state index is 10.2. The summed E-state index contributed by atoms with van der Waals surface area (Å²) in [6, 6.07) is 14.9. The van der Waals surface area contributed by atoms with Crippen molar-refractivity contribution in [3.05, 3.63) is 66.0 Å². The summed E-state index contributed by atoms with van der Waals surface area (Å²) in [5.41, 5.74) is 2.52. The zero-order valence-electron chi connectivity index (χ0n) is 14.1. The second-order valence-corrected chi connectivity index (χ2v) is 6.66. The first-order chi connectivity index (χ1) is 11.8. The fourth-order valence-electron chi connectivity index (χ4n) is 3.30. The van der Waals surface area contributed by atoms with Crippen molar-refractivity contribution in [2.24, 2.45) is 0 Å². The van der Waals surface area contributed by atoms with Crippen LogP contribution in [0.2, 0.25) is 0 Å². The number of aliphatic hydroxyl groups is 1. The molecule has 24 heavy (non-hydrogen) atoms. The van der Waals surface area contributed by atoms with Crippen LogP contribution < -0.4 is 5.32 Å². The molecule has 128 valence electrons. The number of aliphatic hydroxyl groups excluding tert-OH is 1. The molecule has 4 nitrogen and oxygen atoms in total. The van der Waals surface area contributed by atoms with Crippen molar-refractivity contribution in [1.82, 2.24) is 15.2 Å². The van der Waals surface area contributed by atoms with Gasteiger partial charge in [-0.2, -0.15) is 0 Å². The van der Waals surface area contributed by atoms with Gasteiger partial charge < -0.3 is 10.4 Å². The van der Waals surface area contributed by atoms with Crippen molar-refractivity contribution in [2.45, 2.75) is 38.0 Å². The van der Waals surface area contributed by atoms with Crippen LogP contribution in [0.3, 0.4) is 0 Å². The van der Waals surface area contributed by atoms with Crippen molar-refractivity contribution >= 4 is 0 Å². The van der Waals surface area contributed by atoms with Gasteiger partial charge in [0.05, 0.1) is 6.10 Å². The highest BCUT2D eigenvalue weighted by molar-refractivity contribution is 5.15. The van der Waals surface area contributed by atoms with Gasteiger partial charge in [-0.3, -0.25) is 9.88 Å². The molecule has 0 spiro atoms. The molecule has 1 fully saturated rings. The monoisotopic (exact) mass is 325 g/mol. The number of hydrogen-bond donors (Lipinski definition) is 2. The van der Waals surface area contributed by atoms with Gasteiger partial charge in [0, 0.05) is 31.5 Å². The molecule has 0 bridgehead atoms. The molecule has 1 aromatic carbocycles. The van der Waals surface area contributed by atoms with Gasteiger partial charge >= 0.3 is 0 Å². The third-order valence-corrected chi connectivity index (χ3v) is 4.70. The van der Waals surface area contributed by atoms with Crippen LogP contribution in [0.1, 0.15) is 24.0 Å². The number of benzene rings is 1. The van der Waals surface area contributed by atoms with Crippen LogP contribution in [0.5, 0.6) is 0 Å². The van der Waals surface area contributed by atoms with E-state index in [9.17, 15) is 5.11 Å². The summed E-state index contributed by atoms with van der Waals surface area (Å²) in [5, 5.41) is 13.7. The largest absolute Gasteiger partial charge is 0.391 e. The fourth-order valence-corrected chi connectivity index (χ4v) is 3.30. The molecular formula is C20H27N3O. The molecule has 1 aromatic heterocycles. The Morgan fingerprint density at radius 2 is 1.75 bits per heavy atom. The number of pyridine rings is 1. The molecule has 2 aromatic rings. The highest BCUT2D eigenvalue weighted by Gasteiger charge is 2.19. The van der Waals surface area contributed by atoms with Crippen molar-refractivity contribution < 1.29 is 5.11 Å². The molecule has 2 N–H and O–H groups in total. The van der Waals surface area contributed by atoms with E-state index in [1.807, 2.05) is 30.6 Å². The molecule has 1 unspecified atom stereocenters. The lowest BCUT2D eigenvalue weighted by molar-refractivity contribution is 0.148. The molecule has 0 radical (unpaired) electrons. The molecule has 0 saturated carbocycles. The van der Waals surface area contributed by atoms with Crippen molar-refractivity contribution in [3.63, 3.8) is 0 Å². The van der Waals surface area contributed by atoms with Crippen LogP contribution in [-0.4, -0.2) is 46.8 Å². The minimum atomic E-state index is -0.317. The van der Waals surface area contributed by atoms with Gasteiger partial charge in [-0.1, -0.05) is 30.3 Å². The normalized spacial score (nSPS) is 17.7. The first kappa shape index (κ1) is 17.1. The van der Waals surface area contributed by atoms with Crippen LogP contribution in [0.25, 0.3) is 0 Å². The smallest absolute Gasteiger partial charge is 0.0704 e. The molecule has 0 amide bonds. The van der Waals surface area contributed by atoms with E-state index in [-0.39, 0.29) is 6.10 Å². The molecule has 2 heterocycles. The molecular weight excluding hydrogens is 298 g/mol. The average molecular weight is 325 g/mol. The average Bonchev–Trinajstić information content (AvgIpc) is 2.63. The lowest BCUT2D eigenvalue weighted by Crippen LogP contribution is -2.44. The van der Waals surface area contributed by atoms with E-state index < -0.39 is 0 Å². The van der Waals surface area contributed by atoms with E-state index in [4.69, 9.17) is 0 Å². The Labute approximate surface area is 144 Å². The molecule has 4 heteroatoms. The topological polar surface area (TPSA) is 48.4 Å². The molecule has 0 aliphatic carbocycles. The van der Waals surface area contributed by atoms with Gasteiger partial charge in [0.25, 0.3) is 0 Å². The number of piperidine rings is 1. The third-order valence-electron chi connectivity index (χ3n) is 4.70. The molecule has 1 aliphatic heterocycles. The molecule has 1 aliphatic rings. The summed E-state index contributed by atoms with van der Waals surface area (Å²) in [6.45, 7) is 3.89. The van der Waals surface area contributed by atoms with E-state index in [0.29, 0.717) is 19.0 Å². The third kappa shape index (κ3) is 5.41. The SMILES string of the molecule is OC(CNC1CCN(Cc2ccncc2)CC1)Cc1ccccc1. The number of hydrogen-bond acceptors (Lipinski definition) is 4. The maximum Gasteiger partial charge on any atom is 0.0704 e. The summed E-state index contributed by atoms with van der Waals surface area (Å²) in [5.74, 6) is 0. The summed E-state index contributed by atoms with van der Waals surface area (Å²) in [6.07, 6.45) is 6.40. The van der Waals surface area contributed by atoms with Crippen LogP contribution in [0.15, 0.2) is 54.9 Å². The van der Waals surface area contributed by atoms with Crippen LogP contribution in [-0.2, 0) is 13.0 Å². The second-order valence-electron chi connectivity index (χ2n) is 6.66. The second kappa shape index (κ2) is 8.92. The van der Waals surface area contributed by atoms with Crippen LogP contribution in [0, 0.1) is 0 Å². The van der Waals surface area contributed by atoms with Gasteiger partial charge in [-0.05, 0) is 55.6 Å². The van der Waals surface area contributed by atoms with Gasteiger partial charge in [-0.25, -0.2) is 0 Å². The number of rotatable bonds is 7. The fraction of sp³-hybridized carbons (Fsp3) is 0.450. The van der Waals surface area contributed by atoms with Gasteiger partial charge in [0.15, 0.2) is 0 Å². The molecule has 3 rings (SSSR count). The lowest BCUT2D eigenvalue weighted by atomic mass is 10.0. The predicted molar refractivity (Wildman–Crippen MR) is 96.7 cm³/mol. The van der Waals surface area contributed by atoms with E-state index in [2.05, 4.69) is 39.5 Å². The van der Waals surface area contributed by atoms with Gasteiger partial charge in [-0.15, -0.1) is 0 Å². The van der Waals surface area contributed by atoms with Crippen molar-refractivity contribution in [3.8, 4) is 0 Å². The highest BCUT2D eigenvalue weighted by Crippen LogP contribution is 2.13. The van der Waals surface area contributed by atoms with E-state index in [0.717, 1.165) is 32.5 Å². The summed E-state index contributed by atoms with van der Waals surface area (Å²) >= 11 is 0. The van der Waals surface area contributed by atoms with Crippen LogP contribution >= 0.6 is 0 Å². The Morgan fingerprint density at radius 1 is 1.04 bits per heavy atom. The van der Waals surface area contributed by atoms with Crippen molar-refractivity contribution in [1.29, 1.82) is 0 Å². The lowest BCUT2D eigenvalue weighted by Gasteiger charge is -2.33. The maximum atomic E-state index is 10.2. The highest BCUT2D eigenvalue weighted by atomic mass is 16.3. The Kier molecular flexibility index (Phi) is 6.35. The molecule has 1 saturated heterocycles. The first-order valence-corrected chi connectivity index (χ1v) is 8.86. The van der Waals surface area contributed by atoms with Gasteiger partial charge in [0.1, 0.15) is 0 Å². The van der Waals surface area contributed by atoms with Crippen molar-refractivity contribution in [2.75, 3.05) is 19.6 Å². The standard InChI is InChI=1S/C20H27N3O/c24-20(14-17-4-2-1-3-5-17)15-22-19-8-12-23(13-9-19)16-18-6-10-21-11-7-18/h1-7,10-11,19-20,22,24H,8-9,12-16H2. The number of aromatic nitrogens is 1. The van der Waals surface area contributed by atoms with E-state index in [1.54, 1.807) is 0 Å². The Bertz CT molecular complexity index is 582. The minimum Gasteiger partial charge on any atom is -0.391 e. The van der Waals surface area contributed by atoms with Crippen LogP contribution in [0.4, 0.5) is 0 Å². The zero-order chi connectivity index (χ0) is 16.6. The van der Waals surface area contributed by atoms with E-state index >= 15 is 0 Å². The quantitative estimate of drug-likeness (QED) is 0.820.